The summed E-state index contributed by atoms with van der Waals surface area (Å²) in [6.45, 7) is 7.68. The van der Waals surface area contributed by atoms with Crippen LogP contribution in [-0.2, 0) is 20.8 Å². The van der Waals surface area contributed by atoms with Gasteiger partial charge >= 0.3 is 0 Å². The van der Waals surface area contributed by atoms with E-state index in [2.05, 4.69) is 24.1 Å². The SMILES string of the molecule is CN(C)CC(C)(C)CNC(=O)C1CCN(C(=O)C2CCCN2C(=O)Cc2cccs2)CC1. The number of amides is 3. The minimum atomic E-state index is -0.348. The summed E-state index contributed by atoms with van der Waals surface area (Å²) >= 11 is 1.58. The molecule has 1 atom stereocenters. The second kappa shape index (κ2) is 10.8. The summed E-state index contributed by atoms with van der Waals surface area (Å²) < 4.78 is 0. The van der Waals surface area contributed by atoms with Crippen LogP contribution in [-0.4, -0.2) is 85.3 Å². The molecule has 0 bridgehead atoms. The molecule has 8 heteroatoms. The monoisotopic (exact) mass is 462 g/mol. The normalized spacial score (nSPS) is 20.1. The van der Waals surface area contributed by atoms with Gasteiger partial charge in [-0.05, 0) is 56.6 Å². The van der Waals surface area contributed by atoms with Crippen molar-refractivity contribution in [3.05, 3.63) is 22.4 Å². The predicted molar refractivity (Wildman–Crippen MR) is 127 cm³/mol. The first-order valence-electron chi connectivity index (χ1n) is 11.7. The summed E-state index contributed by atoms with van der Waals surface area (Å²) in [5.74, 6) is 0.137. The fraction of sp³-hybridized carbons (Fsp3) is 0.708. The maximum absolute atomic E-state index is 13.2. The van der Waals surface area contributed by atoms with Crippen LogP contribution in [0.2, 0.25) is 0 Å². The third-order valence-corrected chi connectivity index (χ3v) is 7.30. The van der Waals surface area contributed by atoms with E-state index in [9.17, 15) is 14.4 Å². The van der Waals surface area contributed by atoms with Gasteiger partial charge in [0.2, 0.25) is 17.7 Å². The van der Waals surface area contributed by atoms with Gasteiger partial charge in [0, 0.05) is 43.5 Å². The van der Waals surface area contributed by atoms with Crippen LogP contribution in [0.3, 0.4) is 0 Å². The van der Waals surface area contributed by atoms with Gasteiger partial charge in [-0.15, -0.1) is 11.3 Å². The minimum absolute atomic E-state index is 0.0113. The van der Waals surface area contributed by atoms with Crippen LogP contribution in [0.25, 0.3) is 0 Å². The Morgan fingerprint density at radius 1 is 1.16 bits per heavy atom. The predicted octanol–water partition coefficient (Wildman–Crippen LogP) is 2.22. The van der Waals surface area contributed by atoms with E-state index < -0.39 is 0 Å². The Morgan fingerprint density at radius 3 is 2.50 bits per heavy atom. The summed E-state index contributed by atoms with van der Waals surface area (Å²) in [6, 6.07) is 3.57. The molecule has 0 saturated carbocycles. The summed E-state index contributed by atoms with van der Waals surface area (Å²) in [4.78, 5) is 45.4. The zero-order valence-corrected chi connectivity index (χ0v) is 20.7. The number of carbonyl (C=O) groups excluding carboxylic acids is 3. The highest BCUT2D eigenvalue weighted by Gasteiger charge is 2.38. The van der Waals surface area contributed by atoms with Gasteiger partial charge in [-0.1, -0.05) is 19.9 Å². The number of carbonyl (C=O) groups is 3. The van der Waals surface area contributed by atoms with Crippen molar-refractivity contribution in [2.45, 2.75) is 52.0 Å². The van der Waals surface area contributed by atoms with Crippen molar-refractivity contribution in [2.24, 2.45) is 11.3 Å². The summed E-state index contributed by atoms with van der Waals surface area (Å²) in [6.07, 6.45) is 3.33. The lowest BCUT2D eigenvalue weighted by Gasteiger charge is -2.35. The second-order valence-corrected chi connectivity index (χ2v) is 11.3. The quantitative estimate of drug-likeness (QED) is 0.643. The molecule has 3 amide bonds. The Hall–Kier alpha value is -1.93. The van der Waals surface area contributed by atoms with Gasteiger partial charge in [0.1, 0.15) is 6.04 Å². The van der Waals surface area contributed by atoms with Crippen molar-refractivity contribution in [3.63, 3.8) is 0 Å². The molecule has 1 aromatic rings. The van der Waals surface area contributed by atoms with E-state index in [0.717, 1.165) is 24.3 Å². The number of hydrogen-bond acceptors (Lipinski definition) is 5. The van der Waals surface area contributed by atoms with Gasteiger partial charge < -0.3 is 20.0 Å². The molecule has 0 spiro atoms. The van der Waals surface area contributed by atoms with Gasteiger partial charge in [0.05, 0.1) is 6.42 Å². The molecular formula is C24H38N4O3S. The molecule has 32 heavy (non-hydrogen) atoms. The lowest BCUT2D eigenvalue weighted by molar-refractivity contribution is -0.145. The first-order valence-corrected chi connectivity index (χ1v) is 12.6. The maximum atomic E-state index is 13.2. The summed E-state index contributed by atoms with van der Waals surface area (Å²) in [7, 11) is 4.08. The molecule has 7 nitrogen and oxygen atoms in total. The Morgan fingerprint density at radius 2 is 1.88 bits per heavy atom. The first kappa shape index (κ1) is 24.7. The van der Waals surface area contributed by atoms with E-state index in [1.54, 1.807) is 16.2 Å². The number of nitrogens with zero attached hydrogens (tertiary/aromatic N) is 3. The van der Waals surface area contributed by atoms with Gasteiger partial charge in [-0.25, -0.2) is 0 Å². The Labute approximate surface area is 196 Å². The molecule has 0 aromatic carbocycles. The summed E-state index contributed by atoms with van der Waals surface area (Å²) in [5.41, 5.74) is 0.0113. The van der Waals surface area contributed by atoms with Crippen molar-refractivity contribution in [1.29, 1.82) is 0 Å². The molecule has 0 radical (unpaired) electrons. The van der Waals surface area contributed by atoms with Gasteiger partial charge in [-0.2, -0.15) is 0 Å². The average molecular weight is 463 g/mol. The molecule has 2 aliphatic heterocycles. The number of nitrogens with one attached hydrogen (secondary N) is 1. The lowest BCUT2D eigenvalue weighted by Crippen LogP contribution is -2.51. The molecule has 3 rings (SSSR count). The van der Waals surface area contributed by atoms with E-state index in [4.69, 9.17) is 0 Å². The molecule has 2 saturated heterocycles. The van der Waals surface area contributed by atoms with E-state index in [1.807, 2.05) is 36.5 Å². The van der Waals surface area contributed by atoms with E-state index in [-0.39, 0.29) is 35.1 Å². The number of likely N-dealkylation sites (tertiary alicyclic amines) is 2. The van der Waals surface area contributed by atoms with Crippen LogP contribution in [0.4, 0.5) is 0 Å². The maximum Gasteiger partial charge on any atom is 0.245 e. The Bertz CT molecular complexity index is 785. The molecule has 1 unspecified atom stereocenters. The summed E-state index contributed by atoms with van der Waals surface area (Å²) in [5, 5.41) is 5.09. The highest BCUT2D eigenvalue weighted by atomic mass is 32.1. The van der Waals surface area contributed by atoms with Crippen molar-refractivity contribution in [2.75, 3.05) is 46.8 Å². The first-order chi connectivity index (χ1) is 15.2. The fourth-order valence-corrected chi connectivity index (χ4v) is 5.64. The number of thiophene rings is 1. The Balaban J connectivity index is 1.47. The molecule has 178 valence electrons. The van der Waals surface area contributed by atoms with E-state index in [0.29, 0.717) is 45.4 Å². The highest BCUT2D eigenvalue weighted by molar-refractivity contribution is 7.10. The largest absolute Gasteiger partial charge is 0.355 e. The van der Waals surface area contributed by atoms with Crippen LogP contribution < -0.4 is 5.32 Å². The molecule has 0 aliphatic carbocycles. The van der Waals surface area contributed by atoms with Crippen LogP contribution in [0, 0.1) is 11.3 Å². The van der Waals surface area contributed by atoms with Crippen LogP contribution in [0.5, 0.6) is 0 Å². The third-order valence-electron chi connectivity index (χ3n) is 6.43. The minimum Gasteiger partial charge on any atom is -0.355 e. The van der Waals surface area contributed by atoms with E-state index >= 15 is 0 Å². The highest BCUT2D eigenvalue weighted by Crippen LogP contribution is 2.25. The molecule has 2 fully saturated rings. The van der Waals surface area contributed by atoms with Crippen LogP contribution in [0.15, 0.2) is 17.5 Å². The number of rotatable bonds is 8. The molecule has 1 N–H and O–H groups in total. The van der Waals surface area contributed by atoms with Gasteiger partial charge in [0.25, 0.3) is 0 Å². The smallest absolute Gasteiger partial charge is 0.245 e. The molecular weight excluding hydrogens is 424 g/mol. The standard InChI is InChI=1S/C24H38N4O3S/c1-24(2,17-26(3)4)16-25-22(30)18-9-12-27(13-10-18)23(31)20-8-5-11-28(20)21(29)15-19-7-6-14-32-19/h6-7,14,18,20H,5,8-13,15-17H2,1-4H3,(H,25,30). The van der Waals surface area contributed by atoms with Crippen LogP contribution >= 0.6 is 11.3 Å². The zero-order valence-electron chi connectivity index (χ0n) is 19.9. The Kier molecular flexibility index (Phi) is 8.33. The molecule has 2 aliphatic rings. The number of hydrogen-bond donors (Lipinski definition) is 1. The second-order valence-electron chi connectivity index (χ2n) is 10.2. The average Bonchev–Trinajstić information content (AvgIpc) is 3.42. The topological polar surface area (TPSA) is 73.0 Å². The van der Waals surface area contributed by atoms with Crippen molar-refractivity contribution in [3.8, 4) is 0 Å². The zero-order chi connectivity index (χ0) is 23.3. The van der Waals surface area contributed by atoms with Crippen LogP contribution in [0.1, 0.15) is 44.4 Å². The fourth-order valence-electron chi connectivity index (χ4n) is 4.94. The van der Waals surface area contributed by atoms with Crippen molar-refractivity contribution < 1.29 is 14.4 Å². The lowest BCUT2D eigenvalue weighted by atomic mass is 9.91. The van der Waals surface area contributed by atoms with Crippen molar-refractivity contribution in [1.82, 2.24) is 20.0 Å². The number of piperidine rings is 1. The van der Waals surface area contributed by atoms with Gasteiger partial charge in [0.15, 0.2) is 0 Å². The van der Waals surface area contributed by atoms with Crippen molar-refractivity contribution >= 4 is 29.1 Å². The molecule has 1 aromatic heterocycles. The molecule has 3 heterocycles. The third kappa shape index (κ3) is 6.54. The van der Waals surface area contributed by atoms with E-state index in [1.165, 1.54) is 0 Å². The van der Waals surface area contributed by atoms with Gasteiger partial charge in [-0.3, -0.25) is 14.4 Å².